The highest BCUT2D eigenvalue weighted by Crippen LogP contribution is 2.46. The lowest BCUT2D eigenvalue weighted by Gasteiger charge is -2.34. The molecule has 2 unspecified atom stereocenters. The van der Waals surface area contributed by atoms with Gasteiger partial charge >= 0.3 is 0 Å². The smallest absolute Gasteiger partial charge is 0.0716 e. The van der Waals surface area contributed by atoms with Gasteiger partial charge in [0.25, 0.3) is 0 Å². The molecule has 1 aliphatic carbocycles. The van der Waals surface area contributed by atoms with E-state index < -0.39 is 0 Å². The van der Waals surface area contributed by atoms with E-state index in [1.165, 1.54) is 29.7 Å². The van der Waals surface area contributed by atoms with Crippen LogP contribution in [0.4, 0.5) is 5.69 Å². The third-order valence-electron chi connectivity index (χ3n) is 5.22. The molecule has 0 amide bonds. The first-order valence-electron chi connectivity index (χ1n) is 8.15. The largest absolute Gasteiger partial charge is 0.350 e. The molecular formula is C19H23N3. The van der Waals surface area contributed by atoms with E-state index in [0.29, 0.717) is 12.1 Å². The lowest BCUT2D eigenvalue weighted by molar-refractivity contribution is 0.251. The summed E-state index contributed by atoms with van der Waals surface area (Å²) in [5, 5.41) is 0. The van der Waals surface area contributed by atoms with Gasteiger partial charge in [-0.05, 0) is 57.0 Å². The summed E-state index contributed by atoms with van der Waals surface area (Å²) in [5.41, 5.74) is 6.52. The van der Waals surface area contributed by atoms with Crippen molar-refractivity contribution in [2.45, 2.75) is 38.8 Å². The van der Waals surface area contributed by atoms with E-state index in [2.05, 4.69) is 72.1 Å². The molecule has 1 aromatic carbocycles. The highest BCUT2D eigenvalue weighted by molar-refractivity contribution is 5.55. The van der Waals surface area contributed by atoms with Crippen LogP contribution in [-0.2, 0) is 0 Å². The normalized spacial score (nSPS) is 24.2. The number of hydrogen-bond acceptors (Lipinski definition) is 3. The average molecular weight is 293 g/mol. The monoisotopic (exact) mass is 293 g/mol. The molecule has 5 rings (SSSR count). The van der Waals surface area contributed by atoms with Crippen LogP contribution in [0.3, 0.4) is 0 Å². The van der Waals surface area contributed by atoms with Gasteiger partial charge in [-0.2, -0.15) is 0 Å². The van der Waals surface area contributed by atoms with E-state index in [9.17, 15) is 0 Å². The van der Waals surface area contributed by atoms with Crippen molar-refractivity contribution in [2.75, 3.05) is 18.6 Å². The second-order valence-electron chi connectivity index (χ2n) is 6.66. The van der Waals surface area contributed by atoms with Crippen LogP contribution in [0, 0.1) is 13.8 Å². The number of benzene rings is 1. The van der Waals surface area contributed by atoms with Crippen molar-refractivity contribution < 1.29 is 0 Å². The fraction of sp³-hybridized carbons (Fsp3) is 0.421. The highest BCUT2D eigenvalue weighted by atomic mass is 15.3. The molecule has 114 valence electrons. The lowest BCUT2D eigenvalue weighted by atomic mass is 9.84. The predicted molar refractivity (Wildman–Crippen MR) is 90.0 cm³/mol. The summed E-state index contributed by atoms with van der Waals surface area (Å²) in [6, 6.07) is 14.4. The molecule has 1 aromatic heterocycles. The van der Waals surface area contributed by atoms with Crippen LogP contribution in [0.5, 0.6) is 0 Å². The lowest BCUT2D eigenvalue weighted by Crippen LogP contribution is -2.34. The molecule has 1 saturated heterocycles. The van der Waals surface area contributed by atoms with Crippen molar-refractivity contribution in [3.8, 4) is 0 Å². The van der Waals surface area contributed by atoms with Crippen LogP contribution in [0.1, 0.15) is 47.4 Å². The van der Waals surface area contributed by atoms with Crippen molar-refractivity contribution in [1.82, 2.24) is 9.88 Å². The summed E-state index contributed by atoms with van der Waals surface area (Å²) in [5.74, 6) is 0. The third kappa shape index (κ3) is 2.03. The van der Waals surface area contributed by atoms with Gasteiger partial charge in [0.15, 0.2) is 0 Å². The molecule has 2 atom stereocenters. The summed E-state index contributed by atoms with van der Waals surface area (Å²) in [6.07, 6.45) is 2.46. The van der Waals surface area contributed by atoms with Crippen LogP contribution < -0.4 is 4.90 Å². The van der Waals surface area contributed by atoms with E-state index in [4.69, 9.17) is 0 Å². The molecule has 22 heavy (non-hydrogen) atoms. The Balaban J connectivity index is 1.85. The Bertz CT molecular complexity index is 710. The van der Waals surface area contributed by atoms with Gasteiger partial charge in [0.05, 0.1) is 24.1 Å². The van der Waals surface area contributed by atoms with Crippen LogP contribution in [0.2, 0.25) is 0 Å². The van der Waals surface area contributed by atoms with Gasteiger partial charge in [-0.3, -0.25) is 9.88 Å². The second-order valence-corrected chi connectivity index (χ2v) is 6.66. The van der Waals surface area contributed by atoms with E-state index in [1.54, 1.807) is 0 Å². The molecule has 0 N–H and O–H groups in total. The van der Waals surface area contributed by atoms with E-state index >= 15 is 0 Å². The van der Waals surface area contributed by atoms with E-state index in [1.807, 2.05) is 0 Å². The van der Waals surface area contributed by atoms with E-state index in [-0.39, 0.29) is 0 Å². The van der Waals surface area contributed by atoms with Gasteiger partial charge in [0, 0.05) is 11.7 Å². The van der Waals surface area contributed by atoms with Gasteiger partial charge in [-0.25, -0.2) is 0 Å². The Morgan fingerprint density at radius 1 is 0.955 bits per heavy atom. The minimum absolute atomic E-state index is 0.473. The molecule has 2 bridgehead atoms. The molecular weight excluding hydrogens is 270 g/mol. The van der Waals surface area contributed by atoms with Gasteiger partial charge < -0.3 is 4.90 Å². The molecule has 0 saturated carbocycles. The first kappa shape index (κ1) is 13.8. The maximum Gasteiger partial charge on any atom is 0.0716 e. The van der Waals surface area contributed by atoms with Crippen LogP contribution in [-0.4, -0.2) is 23.6 Å². The number of aromatic nitrogens is 1. The molecule has 1 fully saturated rings. The maximum absolute atomic E-state index is 4.68. The minimum Gasteiger partial charge on any atom is -0.350 e. The molecule has 3 heteroatoms. The fourth-order valence-electron chi connectivity index (χ4n) is 4.19. The molecule has 3 heterocycles. The highest BCUT2D eigenvalue weighted by Gasteiger charge is 2.37. The zero-order valence-corrected chi connectivity index (χ0v) is 13.6. The average Bonchev–Trinajstić information content (AvgIpc) is 2.74. The first-order valence-corrected chi connectivity index (χ1v) is 8.15. The zero-order chi connectivity index (χ0) is 15.3. The molecule has 0 radical (unpaired) electrons. The summed E-state index contributed by atoms with van der Waals surface area (Å²) in [6.45, 7) is 5.16. The SMILES string of the molecule is Cc1ccc(N2CN(C)C3CCC2c2ccccc23)c(C)n1. The zero-order valence-electron chi connectivity index (χ0n) is 13.6. The van der Waals surface area contributed by atoms with Gasteiger partial charge in [-0.15, -0.1) is 0 Å². The molecule has 3 aliphatic rings. The predicted octanol–water partition coefficient (Wildman–Crippen LogP) is 3.98. The third-order valence-corrected chi connectivity index (χ3v) is 5.22. The van der Waals surface area contributed by atoms with Crippen molar-refractivity contribution >= 4 is 5.69 Å². The van der Waals surface area contributed by atoms with Gasteiger partial charge in [0.1, 0.15) is 0 Å². The molecule has 0 spiro atoms. The number of pyridine rings is 1. The van der Waals surface area contributed by atoms with Gasteiger partial charge in [0.2, 0.25) is 0 Å². The number of fused-ring (bicyclic) bond motifs is 3. The number of anilines is 1. The standard InChI is InChI=1S/C19H23N3/c1-13-8-9-17(14(2)20-13)22-12-21(3)18-10-11-19(22)16-7-5-4-6-15(16)18/h4-9,18-19H,10-12H2,1-3H3. The van der Waals surface area contributed by atoms with Crippen molar-refractivity contribution in [3.05, 3.63) is 58.9 Å². The van der Waals surface area contributed by atoms with Crippen molar-refractivity contribution in [3.63, 3.8) is 0 Å². The first-order chi connectivity index (χ1) is 10.6. The number of hydrogen-bond donors (Lipinski definition) is 0. The summed E-state index contributed by atoms with van der Waals surface area (Å²) >= 11 is 0. The number of aryl methyl sites for hydroxylation is 2. The Morgan fingerprint density at radius 3 is 2.36 bits per heavy atom. The quantitative estimate of drug-likeness (QED) is 0.792. The summed E-state index contributed by atoms with van der Waals surface area (Å²) in [4.78, 5) is 9.72. The topological polar surface area (TPSA) is 19.4 Å². The Kier molecular flexibility index (Phi) is 3.19. The molecule has 2 aliphatic heterocycles. The Labute approximate surface area is 132 Å². The van der Waals surface area contributed by atoms with Crippen molar-refractivity contribution in [1.29, 1.82) is 0 Å². The second kappa shape index (κ2) is 5.10. The maximum atomic E-state index is 4.68. The molecule has 3 nitrogen and oxygen atoms in total. The number of nitrogens with zero attached hydrogens (tertiary/aromatic N) is 3. The van der Waals surface area contributed by atoms with Crippen molar-refractivity contribution in [2.24, 2.45) is 0 Å². The summed E-state index contributed by atoms with van der Waals surface area (Å²) < 4.78 is 0. The molecule has 2 aromatic rings. The fourth-order valence-corrected chi connectivity index (χ4v) is 4.19. The number of rotatable bonds is 1. The Morgan fingerprint density at radius 2 is 1.64 bits per heavy atom. The van der Waals surface area contributed by atoms with Crippen LogP contribution in [0.25, 0.3) is 0 Å². The van der Waals surface area contributed by atoms with Gasteiger partial charge in [-0.1, -0.05) is 24.3 Å². The Hall–Kier alpha value is -1.87. The van der Waals surface area contributed by atoms with E-state index in [0.717, 1.165) is 18.1 Å². The van der Waals surface area contributed by atoms with Crippen LogP contribution >= 0.6 is 0 Å². The summed E-state index contributed by atoms with van der Waals surface area (Å²) in [7, 11) is 2.25. The minimum atomic E-state index is 0.473. The van der Waals surface area contributed by atoms with Crippen LogP contribution in [0.15, 0.2) is 36.4 Å².